The molecule has 1 rings (SSSR count). The number of ether oxygens (including phenoxy) is 2. The molecule has 0 bridgehead atoms. The first-order valence-electron chi connectivity index (χ1n) is 12.1. The van der Waals surface area contributed by atoms with E-state index in [2.05, 4.69) is 13.8 Å². The third kappa shape index (κ3) is 8.97. The van der Waals surface area contributed by atoms with Crippen LogP contribution in [-0.4, -0.2) is 30.9 Å². The van der Waals surface area contributed by atoms with Crippen molar-refractivity contribution in [3.8, 4) is 0 Å². The van der Waals surface area contributed by atoms with E-state index in [0.717, 1.165) is 38.5 Å². The highest BCUT2D eigenvalue weighted by Crippen LogP contribution is 2.32. The number of allylic oxidation sites excluding steroid dienone is 1. The predicted octanol–water partition coefficient (Wildman–Crippen LogP) is 6.31. The van der Waals surface area contributed by atoms with Gasteiger partial charge in [-0.1, -0.05) is 82.4 Å². The first kappa shape index (κ1) is 27.6. The van der Waals surface area contributed by atoms with Crippen LogP contribution in [0.5, 0.6) is 0 Å². The number of ketones is 1. The smallest absolute Gasteiger partial charge is 0.324 e. The molecule has 1 atom stereocenters. The minimum absolute atomic E-state index is 0.0676. The lowest BCUT2D eigenvalue weighted by Gasteiger charge is -2.25. The maximum Gasteiger partial charge on any atom is 0.324 e. The van der Waals surface area contributed by atoms with Gasteiger partial charge in [0.2, 0.25) is 0 Å². The van der Waals surface area contributed by atoms with Crippen molar-refractivity contribution in [2.75, 3.05) is 13.2 Å². The van der Waals surface area contributed by atoms with E-state index in [-0.39, 0.29) is 19.0 Å². The third-order valence-electron chi connectivity index (χ3n) is 5.44. The van der Waals surface area contributed by atoms with E-state index in [1.165, 1.54) is 0 Å². The van der Waals surface area contributed by atoms with Crippen molar-refractivity contribution in [2.24, 2.45) is 11.8 Å². The molecule has 0 amide bonds. The summed E-state index contributed by atoms with van der Waals surface area (Å²) >= 11 is 0. The maximum absolute atomic E-state index is 13.6. The highest BCUT2D eigenvalue weighted by molar-refractivity contribution is 6.04. The van der Waals surface area contributed by atoms with Gasteiger partial charge >= 0.3 is 11.9 Å². The lowest BCUT2D eigenvalue weighted by molar-refractivity contribution is -0.159. The third-order valence-corrected chi connectivity index (χ3v) is 5.44. The SMILES string of the molecule is CCCCC/C=C(\C(CCCCC)C(=O)c1ccccc1)C(C(=O)OCC)C(=O)OCC. The van der Waals surface area contributed by atoms with Gasteiger partial charge in [0.1, 0.15) is 0 Å². The lowest BCUT2D eigenvalue weighted by atomic mass is 9.79. The molecule has 0 aliphatic rings. The number of carbonyl (C=O) groups is 3. The molecular weight excluding hydrogens is 404 g/mol. The van der Waals surface area contributed by atoms with Crippen LogP contribution in [0.3, 0.4) is 0 Å². The van der Waals surface area contributed by atoms with Gasteiger partial charge < -0.3 is 9.47 Å². The summed E-state index contributed by atoms with van der Waals surface area (Å²) in [7, 11) is 0. The predicted molar refractivity (Wildman–Crippen MR) is 127 cm³/mol. The van der Waals surface area contributed by atoms with Crippen molar-refractivity contribution in [3.05, 3.63) is 47.5 Å². The Morgan fingerprint density at radius 1 is 0.812 bits per heavy atom. The number of esters is 2. The highest BCUT2D eigenvalue weighted by atomic mass is 16.6. The largest absolute Gasteiger partial charge is 0.465 e. The number of carbonyl (C=O) groups excluding carboxylic acids is 3. The second-order valence-corrected chi connectivity index (χ2v) is 7.92. The van der Waals surface area contributed by atoms with Gasteiger partial charge in [-0.15, -0.1) is 0 Å². The fraction of sp³-hybridized carbons (Fsp3) is 0.593. The minimum Gasteiger partial charge on any atom is -0.465 e. The van der Waals surface area contributed by atoms with Gasteiger partial charge in [-0.3, -0.25) is 14.4 Å². The molecule has 1 aromatic carbocycles. The molecule has 0 radical (unpaired) electrons. The fourth-order valence-electron chi connectivity index (χ4n) is 3.80. The monoisotopic (exact) mass is 444 g/mol. The van der Waals surface area contributed by atoms with Crippen molar-refractivity contribution in [2.45, 2.75) is 79.1 Å². The second-order valence-electron chi connectivity index (χ2n) is 7.92. The number of benzene rings is 1. The van der Waals surface area contributed by atoms with Crippen molar-refractivity contribution in [1.29, 1.82) is 0 Å². The molecule has 0 spiro atoms. The zero-order chi connectivity index (χ0) is 23.8. The number of hydrogen-bond acceptors (Lipinski definition) is 5. The molecule has 178 valence electrons. The summed E-state index contributed by atoms with van der Waals surface area (Å²) in [5.74, 6) is -3.13. The van der Waals surface area contributed by atoms with E-state index in [1.807, 2.05) is 24.3 Å². The Morgan fingerprint density at radius 3 is 1.91 bits per heavy atom. The fourth-order valence-corrected chi connectivity index (χ4v) is 3.80. The van der Waals surface area contributed by atoms with Gasteiger partial charge in [0, 0.05) is 11.5 Å². The average Bonchev–Trinajstić information content (AvgIpc) is 2.79. The standard InChI is InChI=1S/C27H40O5/c1-5-9-11-16-19-22(24(26(29)31-7-3)27(30)32-8-4)23(20-13-10-6-2)25(28)21-17-14-12-15-18-21/h12,14-15,17-19,23-24H,5-11,13,16,20H2,1-4H3/b22-19+. The van der Waals surface area contributed by atoms with Crippen LogP contribution in [0.15, 0.2) is 42.0 Å². The molecule has 0 heterocycles. The van der Waals surface area contributed by atoms with Crippen LogP contribution >= 0.6 is 0 Å². The second kappa shape index (κ2) is 16.2. The molecule has 0 N–H and O–H groups in total. The van der Waals surface area contributed by atoms with Gasteiger partial charge in [0.15, 0.2) is 11.7 Å². The molecule has 0 saturated heterocycles. The number of unbranched alkanes of at least 4 members (excludes halogenated alkanes) is 5. The molecule has 0 aliphatic heterocycles. The summed E-state index contributed by atoms with van der Waals surface area (Å²) < 4.78 is 10.5. The zero-order valence-electron chi connectivity index (χ0n) is 20.2. The normalized spacial score (nSPS) is 12.5. The van der Waals surface area contributed by atoms with Crippen LogP contribution < -0.4 is 0 Å². The van der Waals surface area contributed by atoms with E-state index in [4.69, 9.17) is 9.47 Å². The molecule has 1 unspecified atom stereocenters. The van der Waals surface area contributed by atoms with Gasteiger partial charge in [0.05, 0.1) is 13.2 Å². The summed E-state index contributed by atoms with van der Waals surface area (Å²) in [6, 6.07) is 9.09. The van der Waals surface area contributed by atoms with Crippen LogP contribution in [0.4, 0.5) is 0 Å². The number of rotatable bonds is 16. The summed E-state index contributed by atoms with van der Waals surface area (Å²) in [5, 5.41) is 0. The minimum atomic E-state index is -1.21. The summed E-state index contributed by atoms with van der Waals surface area (Å²) in [6.07, 6.45) is 9.06. The Balaban J connectivity index is 3.47. The van der Waals surface area contributed by atoms with Crippen molar-refractivity contribution < 1.29 is 23.9 Å². The molecular formula is C27H40O5. The van der Waals surface area contributed by atoms with Crippen molar-refractivity contribution in [3.63, 3.8) is 0 Å². The van der Waals surface area contributed by atoms with E-state index in [0.29, 0.717) is 24.0 Å². The van der Waals surface area contributed by atoms with Gasteiger partial charge in [-0.25, -0.2) is 0 Å². The first-order chi connectivity index (χ1) is 15.5. The Labute approximate surface area is 193 Å². The summed E-state index contributed by atoms with van der Waals surface area (Å²) in [4.78, 5) is 39.4. The Hall–Kier alpha value is -2.43. The lowest BCUT2D eigenvalue weighted by Crippen LogP contribution is -2.34. The first-order valence-corrected chi connectivity index (χ1v) is 12.1. The number of Topliss-reactive ketones (excluding diaryl/α,β-unsaturated/α-hetero) is 1. The molecule has 1 aromatic rings. The van der Waals surface area contributed by atoms with E-state index in [1.54, 1.807) is 26.0 Å². The van der Waals surface area contributed by atoms with Crippen LogP contribution in [0.25, 0.3) is 0 Å². The maximum atomic E-state index is 13.6. The van der Waals surface area contributed by atoms with E-state index < -0.39 is 23.8 Å². The Kier molecular flexibility index (Phi) is 14.0. The molecule has 0 saturated carbocycles. The van der Waals surface area contributed by atoms with Crippen LogP contribution in [0, 0.1) is 11.8 Å². The molecule has 32 heavy (non-hydrogen) atoms. The topological polar surface area (TPSA) is 69.7 Å². The number of hydrogen-bond donors (Lipinski definition) is 0. The zero-order valence-corrected chi connectivity index (χ0v) is 20.2. The quantitative estimate of drug-likeness (QED) is 0.0981. The average molecular weight is 445 g/mol. The molecule has 0 fully saturated rings. The highest BCUT2D eigenvalue weighted by Gasteiger charge is 2.39. The van der Waals surface area contributed by atoms with Gasteiger partial charge in [-0.05, 0) is 38.7 Å². The molecule has 0 aliphatic carbocycles. The van der Waals surface area contributed by atoms with E-state index >= 15 is 0 Å². The van der Waals surface area contributed by atoms with Gasteiger partial charge in [0.25, 0.3) is 0 Å². The molecule has 5 nitrogen and oxygen atoms in total. The summed E-state index contributed by atoms with van der Waals surface area (Å²) in [5.41, 5.74) is 1.11. The van der Waals surface area contributed by atoms with Crippen molar-refractivity contribution in [1.82, 2.24) is 0 Å². The van der Waals surface area contributed by atoms with Gasteiger partial charge in [-0.2, -0.15) is 0 Å². The Bertz CT molecular complexity index is 705. The van der Waals surface area contributed by atoms with Crippen LogP contribution in [0.2, 0.25) is 0 Å². The van der Waals surface area contributed by atoms with E-state index in [9.17, 15) is 14.4 Å². The van der Waals surface area contributed by atoms with Crippen LogP contribution in [0.1, 0.15) is 89.4 Å². The Morgan fingerprint density at radius 2 is 1.38 bits per heavy atom. The molecule has 5 heteroatoms. The summed E-state index contributed by atoms with van der Waals surface area (Å²) in [6.45, 7) is 7.96. The molecule has 0 aromatic heterocycles. The van der Waals surface area contributed by atoms with Crippen LogP contribution in [-0.2, 0) is 19.1 Å². The van der Waals surface area contributed by atoms with Crippen molar-refractivity contribution >= 4 is 17.7 Å².